The van der Waals surface area contributed by atoms with Crippen LogP contribution in [0.5, 0.6) is 0 Å². The second-order valence-corrected chi connectivity index (χ2v) is 9.86. The van der Waals surface area contributed by atoms with Gasteiger partial charge in [-0.2, -0.15) is 18.3 Å². The van der Waals surface area contributed by atoms with Crippen molar-refractivity contribution in [1.82, 2.24) is 15.1 Å². The molecule has 0 aliphatic heterocycles. The quantitative estimate of drug-likeness (QED) is 0.214. The van der Waals surface area contributed by atoms with Crippen LogP contribution in [-0.4, -0.2) is 38.9 Å². The molecule has 0 radical (unpaired) electrons. The summed E-state index contributed by atoms with van der Waals surface area (Å²) in [5, 5.41) is 19.3. The number of ether oxygens (including phenoxy) is 1. The molecule has 0 fully saturated rings. The van der Waals surface area contributed by atoms with Gasteiger partial charge in [0.1, 0.15) is 17.8 Å². The highest BCUT2D eigenvalue weighted by Crippen LogP contribution is 2.31. The molecule has 3 N–H and O–H groups in total. The number of hydrogen-bond donors (Lipinski definition) is 3. The van der Waals surface area contributed by atoms with Crippen molar-refractivity contribution in [2.75, 3.05) is 5.32 Å². The van der Waals surface area contributed by atoms with Crippen LogP contribution in [0.1, 0.15) is 45.8 Å². The van der Waals surface area contributed by atoms with Crippen molar-refractivity contribution in [3.63, 3.8) is 0 Å². The van der Waals surface area contributed by atoms with Gasteiger partial charge in [0.25, 0.3) is 5.91 Å². The lowest BCUT2D eigenvalue weighted by Crippen LogP contribution is -2.42. The highest BCUT2D eigenvalue weighted by atomic mass is 19.4. The Morgan fingerprint density at radius 1 is 0.977 bits per heavy atom. The van der Waals surface area contributed by atoms with Crippen LogP contribution in [-0.2, 0) is 29.2 Å². The number of carboxylic acids is 1. The first kappa shape index (κ1) is 30.8. The van der Waals surface area contributed by atoms with Crippen molar-refractivity contribution in [3.8, 4) is 11.3 Å². The molecule has 224 valence electrons. The number of aliphatic carboxylic acids is 1. The van der Waals surface area contributed by atoms with Gasteiger partial charge in [-0.05, 0) is 49.2 Å². The fourth-order valence-corrected chi connectivity index (χ4v) is 4.33. The van der Waals surface area contributed by atoms with Gasteiger partial charge in [-0.25, -0.2) is 9.59 Å². The number of nitrogens with zero attached hydrogens (tertiary/aromatic N) is 2. The van der Waals surface area contributed by atoms with Crippen LogP contribution >= 0.6 is 0 Å². The summed E-state index contributed by atoms with van der Waals surface area (Å²) in [4.78, 5) is 37.4. The summed E-state index contributed by atoms with van der Waals surface area (Å²) in [5.74, 6) is -2.02. The lowest BCUT2D eigenvalue weighted by Gasteiger charge is -2.16. The van der Waals surface area contributed by atoms with Gasteiger partial charge in [-0.1, -0.05) is 54.6 Å². The Labute approximate surface area is 245 Å². The Kier molecular flexibility index (Phi) is 9.18. The minimum absolute atomic E-state index is 0.153. The molecule has 0 spiro atoms. The molecule has 9 nitrogen and oxygen atoms in total. The normalized spacial score (nSPS) is 12.7. The number of hydrogen-bond acceptors (Lipinski definition) is 5. The van der Waals surface area contributed by atoms with E-state index in [4.69, 9.17) is 4.74 Å². The van der Waals surface area contributed by atoms with Gasteiger partial charge in [0.2, 0.25) is 0 Å². The van der Waals surface area contributed by atoms with Gasteiger partial charge < -0.3 is 15.2 Å². The maximum atomic E-state index is 12.9. The number of rotatable bonds is 9. The predicted octanol–water partition coefficient (Wildman–Crippen LogP) is 6.15. The van der Waals surface area contributed by atoms with Crippen molar-refractivity contribution in [3.05, 3.63) is 107 Å². The molecule has 1 heterocycles. The molecule has 0 aliphatic carbocycles. The first-order valence-electron chi connectivity index (χ1n) is 13.2. The zero-order valence-electron chi connectivity index (χ0n) is 23.5. The van der Waals surface area contributed by atoms with Gasteiger partial charge in [0.05, 0.1) is 16.9 Å². The van der Waals surface area contributed by atoms with Crippen LogP contribution in [0.15, 0.2) is 78.9 Å². The summed E-state index contributed by atoms with van der Waals surface area (Å²) in [6.07, 6.45) is -5.88. The molecule has 4 aromatic rings. The largest absolute Gasteiger partial charge is 0.480 e. The molecular weight excluding hydrogens is 565 g/mol. The Morgan fingerprint density at radius 3 is 2.19 bits per heavy atom. The minimum Gasteiger partial charge on any atom is -0.480 e. The zero-order valence-corrected chi connectivity index (χ0v) is 23.5. The molecule has 3 aromatic carbocycles. The van der Waals surface area contributed by atoms with E-state index in [0.717, 1.165) is 17.7 Å². The highest BCUT2D eigenvalue weighted by Gasteiger charge is 2.30. The Morgan fingerprint density at radius 2 is 1.60 bits per heavy atom. The maximum Gasteiger partial charge on any atom is 0.416 e. The van der Waals surface area contributed by atoms with Crippen LogP contribution < -0.4 is 10.6 Å². The molecular formula is C31H29F3N4O5. The summed E-state index contributed by atoms with van der Waals surface area (Å²) < 4.78 is 45.6. The van der Waals surface area contributed by atoms with E-state index in [1.807, 2.05) is 30.3 Å². The number of aryl methyl sites for hydroxylation is 1. The lowest BCUT2D eigenvalue weighted by molar-refractivity contribution is -0.139. The van der Waals surface area contributed by atoms with Gasteiger partial charge in [-0.3, -0.25) is 14.8 Å². The van der Waals surface area contributed by atoms with Gasteiger partial charge in [-0.15, -0.1) is 0 Å². The molecule has 43 heavy (non-hydrogen) atoms. The molecule has 4 rings (SSSR count). The van der Waals surface area contributed by atoms with E-state index in [1.54, 1.807) is 37.7 Å². The summed E-state index contributed by atoms with van der Waals surface area (Å²) in [6, 6.07) is 18.1. The van der Waals surface area contributed by atoms with Crippen LogP contribution in [0.25, 0.3) is 11.3 Å². The Hall–Kier alpha value is -5.13. The van der Waals surface area contributed by atoms with Gasteiger partial charge in [0.15, 0.2) is 0 Å². The lowest BCUT2D eigenvalue weighted by atomic mass is 10.0. The van der Waals surface area contributed by atoms with E-state index in [-0.39, 0.29) is 12.0 Å². The summed E-state index contributed by atoms with van der Waals surface area (Å²) >= 11 is 0. The van der Waals surface area contributed by atoms with E-state index < -0.39 is 41.9 Å². The molecule has 12 heteroatoms. The number of aromatic nitrogens is 2. The fraction of sp³-hybridized carbons (Fsp3) is 0.226. The first-order valence-corrected chi connectivity index (χ1v) is 13.2. The third kappa shape index (κ3) is 7.59. The van der Waals surface area contributed by atoms with E-state index >= 15 is 0 Å². The van der Waals surface area contributed by atoms with Crippen LogP contribution in [0.3, 0.4) is 0 Å². The number of amides is 2. The SMILES string of the molecule is Cc1c(NC(=O)OC(C)c2ccccc2)c(-c2ccc(C(=O)NC(Cc3ccc(C(F)(F)F)cc3)C(=O)O)cc2)nn1C. The fourth-order valence-electron chi connectivity index (χ4n) is 4.33. The smallest absolute Gasteiger partial charge is 0.416 e. The monoisotopic (exact) mass is 594 g/mol. The number of carbonyl (C=O) groups is 3. The first-order chi connectivity index (χ1) is 20.3. The number of benzene rings is 3. The second-order valence-electron chi connectivity index (χ2n) is 9.86. The molecule has 0 saturated carbocycles. The summed E-state index contributed by atoms with van der Waals surface area (Å²) in [7, 11) is 1.71. The molecule has 0 aliphatic rings. The number of carbonyl (C=O) groups excluding carboxylic acids is 2. The third-order valence-corrected chi connectivity index (χ3v) is 6.86. The standard InChI is InChI=1S/C31H29F3N4O5/c1-18-26(36-30(42)43-19(2)21-7-5-4-6-8-21)27(37-38(18)3)22-11-13-23(14-12-22)28(39)35-25(29(40)41)17-20-9-15-24(16-10-20)31(32,33)34/h4-16,19,25H,17H2,1-3H3,(H,35,39)(H,36,42)(H,40,41). The number of anilines is 1. The van der Waals surface area contributed by atoms with Crippen molar-refractivity contribution in [1.29, 1.82) is 0 Å². The Balaban J connectivity index is 1.45. The number of carboxylic acid groups (broad SMARTS) is 1. The Bertz CT molecular complexity index is 1600. The van der Waals surface area contributed by atoms with Crippen molar-refractivity contribution in [2.45, 2.75) is 38.6 Å². The van der Waals surface area contributed by atoms with Crippen molar-refractivity contribution >= 4 is 23.7 Å². The van der Waals surface area contributed by atoms with Crippen LogP contribution in [0.4, 0.5) is 23.7 Å². The summed E-state index contributed by atoms with van der Waals surface area (Å²) in [6.45, 7) is 3.53. The molecule has 1 aromatic heterocycles. The van der Waals surface area contributed by atoms with E-state index in [2.05, 4.69) is 15.7 Å². The van der Waals surface area contributed by atoms with E-state index in [9.17, 15) is 32.7 Å². The molecule has 0 bridgehead atoms. The van der Waals surface area contributed by atoms with Crippen molar-refractivity contribution < 1.29 is 37.4 Å². The second kappa shape index (κ2) is 12.8. The van der Waals surface area contributed by atoms with E-state index in [0.29, 0.717) is 28.2 Å². The van der Waals surface area contributed by atoms with Crippen LogP contribution in [0, 0.1) is 6.92 Å². The predicted molar refractivity (Wildman–Crippen MR) is 152 cm³/mol. The molecule has 0 saturated heterocycles. The van der Waals surface area contributed by atoms with Crippen molar-refractivity contribution in [2.24, 2.45) is 7.05 Å². The van der Waals surface area contributed by atoms with E-state index in [1.165, 1.54) is 24.3 Å². The molecule has 2 atom stereocenters. The van der Waals surface area contributed by atoms with Gasteiger partial charge in [0, 0.05) is 24.6 Å². The third-order valence-electron chi connectivity index (χ3n) is 6.86. The molecule has 2 unspecified atom stereocenters. The summed E-state index contributed by atoms with van der Waals surface area (Å²) in [5.41, 5.74) is 2.54. The topological polar surface area (TPSA) is 123 Å². The number of alkyl halides is 3. The van der Waals surface area contributed by atoms with Gasteiger partial charge >= 0.3 is 18.2 Å². The molecule has 2 amide bonds. The van der Waals surface area contributed by atoms with Crippen LogP contribution in [0.2, 0.25) is 0 Å². The number of nitrogens with one attached hydrogen (secondary N) is 2. The average molecular weight is 595 g/mol. The average Bonchev–Trinajstić information content (AvgIpc) is 3.25. The zero-order chi connectivity index (χ0) is 31.3. The maximum absolute atomic E-state index is 12.9. The minimum atomic E-state index is -4.51. The highest BCUT2D eigenvalue weighted by molar-refractivity contribution is 5.97. The number of halogens is 3.